The van der Waals surface area contributed by atoms with Crippen molar-refractivity contribution < 1.29 is 33.4 Å². The molecule has 0 aliphatic rings. The van der Waals surface area contributed by atoms with Crippen LogP contribution in [-0.2, 0) is 23.9 Å². The Balaban J connectivity index is 2.12. The van der Waals surface area contributed by atoms with E-state index in [0.29, 0.717) is 82.7 Å². The van der Waals surface area contributed by atoms with Crippen LogP contribution in [0.25, 0.3) is 0 Å². The smallest absolute Gasteiger partial charge is 0.233 e. The van der Waals surface area contributed by atoms with Crippen molar-refractivity contribution in [2.75, 3.05) is 32.9 Å². The summed E-state index contributed by atoms with van der Waals surface area (Å²) in [6, 6.07) is 7.01. The Labute approximate surface area is 231 Å². The highest BCUT2D eigenvalue weighted by Gasteiger charge is 2.10. The molecule has 0 fully saturated rings. The maximum absolute atomic E-state index is 12.5. The minimum atomic E-state index is -0.288. The van der Waals surface area contributed by atoms with E-state index in [-0.39, 0.29) is 48.6 Å². The highest BCUT2D eigenvalue weighted by molar-refractivity contribution is 5.96. The predicted octanol–water partition coefficient (Wildman–Crippen LogP) is 2.42. The third kappa shape index (κ3) is 18.0. The minimum absolute atomic E-state index is 0.0284. The molecular formula is C28H46N4O7. The Bertz CT molecular complexity index is 862. The Morgan fingerprint density at radius 2 is 1.38 bits per heavy atom. The van der Waals surface area contributed by atoms with Gasteiger partial charge in [-0.05, 0) is 70.7 Å². The molecule has 1 aromatic rings. The van der Waals surface area contributed by atoms with Crippen molar-refractivity contribution in [3.63, 3.8) is 0 Å². The van der Waals surface area contributed by atoms with E-state index in [0.717, 1.165) is 0 Å². The maximum atomic E-state index is 12.5. The molecule has 11 heteroatoms. The third-order valence-corrected chi connectivity index (χ3v) is 5.66. The zero-order valence-corrected chi connectivity index (χ0v) is 23.6. The van der Waals surface area contributed by atoms with E-state index in [2.05, 4.69) is 10.6 Å². The lowest BCUT2D eigenvalue weighted by atomic mass is 10.0. The van der Waals surface area contributed by atoms with Gasteiger partial charge in [-0.1, -0.05) is 0 Å². The standard InChI is InChI=1S/C28H46N4O7/c1-21(2)37-20-17-31-27(35)9-5-18-39-24-13-11-23(12-14-24)25(33)15-10-22(3)38-19-6-16-30-26(34)7-4-8-28(36)32-29/h11-14,21-22H,4-10,15-20,29H2,1-3H3,(H,30,34)(H,31,35)(H,32,36). The second-order valence-corrected chi connectivity index (χ2v) is 9.51. The third-order valence-electron chi connectivity index (χ3n) is 5.66. The summed E-state index contributed by atoms with van der Waals surface area (Å²) in [4.78, 5) is 47.0. The lowest BCUT2D eigenvalue weighted by Crippen LogP contribution is -2.30. The van der Waals surface area contributed by atoms with Crippen LogP contribution in [0.2, 0.25) is 0 Å². The number of nitrogens with one attached hydrogen (secondary N) is 3. The molecule has 0 saturated heterocycles. The molecule has 220 valence electrons. The molecule has 11 nitrogen and oxygen atoms in total. The van der Waals surface area contributed by atoms with Crippen LogP contribution >= 0.6 is 0 Å². The number of hydrogen-bond donors (Lipinski definition) is 4. The van der Waals surface area contributed by atoms with Crippen molar-refractivity contribution in [1.82, 2.24) is 16.1 Å². The summed E-state index contributed by atoms with van der Waals surface area (Å²) >= 11 is 0. The lowest BCUT2D eigenvalue weighted by Gasteiger charge is -2.13. The zero-order chi connectivity index (χ0) is 28.9. The van der Waals surface area contributed by atoms with Crippen LogP contribution in [0, 0.1) is 0 Å². The molecule has 0 aliphatic carbocycles. The van der Waals surface area contributed by atoms with Gasteiger partial charge in [-0.25, -0.2) is 5.84 Å². The number of nitrogens with two attached hydrogens (primary N) is 1. The first-order valence-electron chi connectivity index (χ1n) is 13.7. The number of hydrazine groups is 1. The number of rotatable bonds is 22. The largest absolute Gasteiger partial charge is 0.494 e. The molecule has 1 atom stereocenters. The van der Waals surface area contributed by atoms with Crippen LogP contribution in [0.15, 0.2) is 24.3 Å². The highest BCUT2D eigenvalue weighted by Crippen LogP contribution is 2.15. The number of hydrogen-bond acceptors (Lipinski definition) is 8. The molecule has 39 heavy (non-hydrogen) atoms. The number of carbonyl (C=O) groups is 4. The van der Waals surface area contributed by atoms with E-state index in [4.69, 9.17) is 20.1 Å². The first-order chi connectivity index (χ1) is 18.7. The average molecular weight is 551 g/mol. The first kappa shape index (κ1) is 34.0. The molecule has 5 N–H and O–H groups in total. The highest BCUT2D eigenvalue weighted by atomic mass is 16.5. The molecule has 1 unspecified atom stereocenters. The molecule has 0 heterocycles. The fourth-order valence-corrected chi connectivity index (χ4v) is 3.45. The van der Waals surface area contributed by atoms with Gasteiger partial charge in [-0.3, -0.25) is 24.6 Å². The van der Waals surface area contributed by atoms with Crippen LogP contribution in [0.3, 0.4) is 0 Å². The Morgan fingerprint density at radius 3 is 2.05 bits per heavy atom. The summed E-state index contributed by atoms with van der Waals surface area (Å²) in [7, 11) is 0. The van der Waals surface area contributed by atoms with Crippen LogP contribution in [0.4, 0.5) is 0 Å². The molecule has 0 spiro atoms. The van der Waals surface area contributed by atoms with Gasteiger partial charge in [0.25, 0.3) is 0 Å². The summed E-state index contributed by atoms with van der Waals surface area (Å²) in [6.07, 6.45) is 3.60. The van der Waals surface area contributed by atoms with Gasteiger partial charge in [0.1, 0.15) is 5.75 Å². The van der Waals surface area contributed by atoms with Crippen molar-refractivity contribution in [2.24, 2.45) is 5.84 Å². The summed E-state index contributed by atoms with van der Waals surface area (Å²) in [5.41, 5.74) is 2.65. The normalized spacial score (nSPS) is 11.6. The van der Waals surface area contributed by atoms with E-state index in [1.54, 1.807) is 24.3 Å². The van der Waals surface area contributed by atoms with Crippen molar-refractivity contribution >= 4 is 23.5 Å². The van der Waals surface area contributed by atoms with Crippen molar-refractivity contribution in [2.45, 2.75) is 84.3 Å². The van der Waals surface area contributed by atoms with Crippen molar-refractivity contribution in [3.05, 3.63) is 29.8 Å². The Kier molecular flexibility index (Phi) is 18.2. The fourth-order valence-electron chi connectivity index (χ4n) is 3.45. The number of carbonyl (C=O) groups excluding carboxylic acids is 4. The fraction of sp³-hybridized carbons (Fsp3) is 0.643. The van der Waals surface area contributed by atoms with Crippen molar-refractivity contribution in [3.8, 4) is 5.75 Å². The maximum Gasteiger partial charge on any atom is 0.233 e. The molecule has 0 radical (unpaired) electrons. The average Bonchev–Trinajstić information content (AvgIpc) is 2.92. The van der Waals surface area contributed by atoms with Gasteiger partial charge in [0.2, 0.25) is 17.7 Å². The second-order valence-electron chi connectivity index (χ2n) is 9.51. The van der Waals surface area contributed by atoms with Gasteiger partial charge < -0.3 is 24.8 Å². The van der Waals surface area contributed by atoms with Gasteiger partial charge in [-0.15, -0.1) is 0 Å². The van der Waals surface area contributed by atoms with Gasteiger partial charge in [0, 0.05) is 50.9 Å². The van der Waals surface area contributed by atoms with Gasteiger partial charge in [0.05, 0.1) is 25.4 Å². The number of Topliss-reactive ketones (excluding diaryl/α,β-unsaturated/α-hetero) is 1. The van der Waals surface area contributed by atoms with Crippen LogP contribution in [0.1, 0.15) is 82.5 Å². The number of ether oxygens (including phenoxy) is 3. The molecule has 0 bridgehead atoms. The summed E-state index contributed by atoms with van der Waals surface area (Å²) in [5, 5.41) is 5.60. The van der Waals surface area contributed by atoms with Crippen LogP contribution in [0.5, 0.6) is 5.75 Å². The van der Waals surface area contributed by atoms with Gasteiger partial charge in [0.15, 0.2) is 5.78 Å². The molecule has 1 rings (SSSR count). The topological polar surface area (TPSA) is 158 Å². The molecule has 1 aromatic carbocycles. The summed E-state index contributed by atoms with van der Waals surface area (Å²) < 4.78 is 16.8. The van der Waals surface area contributed by atoms with E-state index >= 15 is 0 Å². The summed E-state index contributed by atoms with van der Waals surface area (Å²) in [5.74, 6) is 5.25. The SMILES string of the molecule is CC(C)OCCNC(=O)CCCOc1ccc(C(=O)CCC(C)OCCCNC(=O)CCCC(=O)NN)cc1. The summed E-state index contributed by atoms with van der Waals surface area (Å²) in [6.45, 7) is 8.20. The zero-order valence-electron chi connectivity index (χ0n) is 23.6. The monoisotopic (exact) mass is 550 g/mol. The Morgan fingerprint density at radius 1 is 0.744 bits per heavy atom. The van der Waals surface area contributed by atoms with Crippen LogP contribution in [-0.4, -0.2) is 68.6 Å². The molecular weight excluding hydrogens is 504 g/mol. The molecule has 3 amide bonds. The van der Waals surface area contributed by atoms with Gasteiger partial charge in [-0.2, -0.15) is 0 Å². The quantitative estimate of drug-likeness (QED) is 0.0563. The number of ketones is 1. The van der Waals surface area contributed by atoms with E-state index in [9.17, 15) is 19.2 Å². The van der Waals surface area contributed by atoms with Gasteiger partial charge >= 0.3 is 0 Å². The van der Waals surface area contributed by atoms with E-state index in [1.807, 2.05) is 26.2 Å². The van der Waals surface area contributed by atoms with Crippen LogP contribution < -0.4 is 26.6 Å². The van der Waals surface area contributed by atoms with E-state index in [1.165, 1.54) is 0 Å². The van der Waals surface area contributed by atoms with Crippen molar-refractivity contribution in [1.29, 1.82) is 0 Å². The minimum Gasteiger partial charge on any atom is -0.494 e. The predicted molar refractivity (Wildman–Crippen MR) is 148 cm³/mol. The number of benzene rings is 1. The second kappa shape index (κ2) is 20.9. The number of amides is 3. The Hall–Kier alpha value is -3.02. The molecule has 0 saturated carbocycles. The van der Waals surface area contributed by atoms with E-state index < -0.39 is 0 Å². The molecule has 0 aliphatic heterocycles. The first-order valence-corrected chi connectivity index (χ1v) is 13.7. The molecule has 0 aromatic heterocycles. The lowest BCUT2D eigenvalue weighted by molar-refractivity contribution is -0.123.